The summed E-state index contributed by atoms with van der Waals surface area (Å²) < 4.78 is 5.24. The molecule has 1 aromatic carbocycles. The molecule has 1 aromatic rings. The van der Waals surface area contributed by atoms with Gasteiger partial charge in [-0.2, -0.15) is 0 Å². The molecule has 18 heavy (non-hydrogen) atoms. The Balaban J connectivity index is 2.68. The van der Waals surface area contributed by atoms with E-state index < -0.39 is 6.04 Å². The van der Waals surface area contributed by atoms with Gasteiger partial charge in [-0.25, -0.2) is 0 Å². The van der Waals surface area contributed by atoms with E-state index in [0.717, 1.165) is 5.56 Å². The molecule has 0 saturated carbocycles. The number of aliphatic hydroxyl groups excluding tert-OH is 1. The van der Waals surface area contributed by atoms with Crippen LogP contribution in [0.25, 0.3) is 5.57 Å². The Hall–Kier alpha value is -1.68. The van der Waals surface area contributed by atoms with Crippen LogP contribution in [0.15, 0.2) is 17.9 Å². The SMILES string of the molecule is COc1cc(C)cc(Cl)c1C1=C(O)C(C)NC1=O. The highest BCUT2D eigenvalue weighted by Crippen LogP contribution is 2.37. The van der Waals surface area contributed by atoms with Crippen LogP contribution < -0.4 is 10.1 Å². The van der Waals surface area contributed by atoms with E-state index in [4.69, 9.17) is 16.3 Å². The molecule has 0 radical (unpaired) electrons. The first-order chi connectivity index (χ1) is 8.45. The maximum atomic E-state index is 11.9. The fourth-order valence-electron chi connectivity index (χ4n) is 2.03. The van der Waals surface area contributed by atoms with Gasteiger partial charge >= 0.3 is 0 Å². The van der Waals surface area contributed by atoms with Gasteiger partial charge < -0.3 is 15.2 Å². The van der Waals surface area contributed by atoms with Gasteiger partial charge in [0.05, 0.1) is 29.3 Å². The number of hydrogen-bond donors (Lipinski definition) is 2. The second kappa shape index (κ2) is 4.53. The fraction of sp³-hybridized carbons (Fsp3) is 0.308. The fourth-order valence-corrected chi connectivity index (χ4v) is 2.39. The third-order valence-electron chi connectivity index (χ3n) is 2.91. The molecule has 96 valence electrons. The Labute approximate surface area is 110 Å². The Morgan fingerprint density at radius 3 is 2.61 bits per heavy atom. The van der Waals surface area contributed by atoms with Gasteiger partial charge in [0.15, 0.2) is 0 Å². The van der Waals surface area contributed by atoms with Crippen molar-refractivity contribution in [3.05, 3.63) is 34.0 Å². The molecular formula is C13H14ClNO3. The minimum Gasteiger partial charge on any atom is -0.509 e. The Morgan fingerprint density at radius 1 is 1.44 bits per heavy atom. The van der Waals surface area contributed by atoms with Crippen LogP contribution in [0.5, 0.6) is 5.75 Å². The van der Waals surface area contributed by atoms with Crippen LogP contribution in [0.3, 0.4) is 0 Å². The van der Waals surface area contributed by atoms with E-state index in [1.165, 1.54) is 7.11 Å². The van der Waals surface area contributed by atoms with Crippen molar-refractivity contribution in [1.29, 1.82) is 0 Å². The molecule has 1 aliphatic rings. The summed E-state index contributed by atoms with van der Waals surface area (Å²) in [5, 5.41) is 13.0. The van der Waals surface area contributed by atoms with Gasteiger partial charge in [-0.15, -0.1) is 0 Å². The van der Waals surface area contributed by atoms with Gasteiger partial charge in [-0.3, -0.25) is 4.79 Å². The van der Waals surface area contributed by atoms with E-state index in [9.17, 15) is 9.90 Å². The largest absolute Gasteiger partial charge is 0.509 e. The molecule has 1 unspecified atom stereocenters. The number of amides is 1. The molecule has 0 spiro atoms. The number of halogens is 1. The van der Waals surface area contributed by atoms with Crippen molar-refractivity contribution in [3.8, 4) is 5.75 Å². The number of carbonyl (C=O) groups is 1. The molecule has 4 nitrogen and oxygen atoms in total. The molecule has 0 bridgehead atoms. The quantitative estimate of drug-likeness (QED) is 0.865. The van der Waals surface area contributed by atoms with Crippen LogP contribution in [0.4, 0.5) is 0 Å². The first-order valence-electron chi connectivity index (χ1n) is 5.54. The summed E-state index contributed by atoms with van der Waals surface area (Å²) in [6.07, 6.45) is 0. The van der Waals surface area contributed by atoms with Crippen LogP contribution in [0, 0.1) is 6.92 Å². The average molecular weight is 268 g/mol. The Kier molecular flexibility index (Phi) is 3.22. The summed E-state index contributed by atoms with van der Waals surface area (Å²) in [7, 11) is 1.50. The highest BCUT2D eigenvalue weighted by atomic mass is 35.5. The summed E-state index contributed by atoms with van der Waals surface area (Å²) in [6, 6.07) is 3.10. The second-order valence-corrected chi connectivity index (χ2v) is 4.69. The number of benzene rings is 1. The lowest BCUT2D eigenvalue weighted by atomic mass is 10.0. The standard InChI is InChI=1S/C13H14ClNO3/c1-6-4-8(14)10(9(5-6)18-3)11-12(16)7(2)15-13(11)17/h4-5,7,16H,1-3H3,(H,15,17). The lowest BCUT2D eigenvalue weighted by Gasteiger charge is -2.12. The number of carbonyl (C=O) groups excluding carboxylic acids is 1. The smallest absolute Gasteiger partial charge is 0.256 e. The molecule has 0 aliphatic carbocycles. The molecule has 0 saturated heterocycles. The van der Waals surface area contributed by atoms with E-state index >= 15 is 0 Å². The van der Waals surface area contributed by atoms with Crippen LogP contribution in [-0.2, 0) is 4.79 Å². The average Bonchev–Trinajstić information content (AvgIpc) is 2.54. The van der Waals surface area contributed by atoms with Crippen molar-refractivity contribution in [2.24, 2.45) is 0 Å². The summed E-state index contributed by atoms with van der Waals surface area (Å²) in [4.78, 5) is 11.9. The van der Waals surface area contributed by atoms with Gasteiger partial charge in [-0.1, -0.05) is 11.6 Å². The van der Waals surface area contributed by atoms with Crippen LogP contribution in [0.1, 0.15) is 18.1 Å². The highest BCUT2D eigenvalue weighted by Gasteiger charge is 2.32. The summed E-state index contributed by atoms with van der Waals surface area (Å²) in [5.41, 5.74) is 1.54. The highest BCUT2D eigenvalue weighted by molar-refractivity contribution is 6.36. The summed E-state index contributed by atoms with van der Waals surface area (Å²) >= 11 is 6.17. The van der Waals surface area contributed by atoms with Gasteiger partial charge in [-0.05, 0) is 31.5 Å². The zero-order valence-corrected chi connectivity index (χ0v) is 11.1. The first kappa shape index (κ1) is 12.8. The number of hydrogen-bond acceptors (Lipinski definition) is 3. The molecule has 1 amide bonds. The predicted octanol–water partition coefficient (Wildman–Crippen LogP) is 2.44. The van der Waals surface area contributed by atoms with Gasteiger partial charge in [0.1, 0.15) is 11.5 Å². The topological polar surface area (TPSA) is 58.6 Å². The van der Waals surface area contributed by atoms with E-state index in [0.29, 0.717) is 16.3 Å². The van der Waals surface area contributed by atoms with E-state index in [1.807, 2.05) is 6.92 Å². The lowest BCUT2D eigenvalue weighted by molar-refractivity contribution is -0.115. The van der Waals surface area contributed by atoms with Crippen molar-refractivity contribution >= 4 is 23.1 Å². The van der Waals surface area contributed by atoms with Gasteiger partial charge in [0, 0.05) is 0 Å². The maximum absolute atomic E-state index is 11.9. The number of rotatable bonds is 2. The molecule has 2 N–H and O–H groups in total. The van der Waals surface area contributed by atoms with Gasteiger partial charge in [0.25, 0.3) is 5.91 Å². The third kappa shape index (κ3) is 1.93. The molecule has 1 heterocycles. The molecule has 5 heteroatoms. The van der Waals surface area contributed by atoms with Crippen molar-refractivity contribution < 1.29 is 14.6 Å². The molecule has 1 aliphatic heterocycles. The summed E-state index contributed by atoms with van der Waals surface area (Å²) in [6.45, 7) is 3.58. The molecule has 0 aromatic heterocycles. The Bertz CT molecular complexity index is 551. The minimum atomic E-state index is -0.408. The van der Waals surface area contributed by atoms with Crippen LogP contribution in [-0.4, -0.2) is 24.2 Å². The molecular weight excluding hydrogens is 254 g/mol. The first-order valence-corrected chi connectivity index (χ1v) is 5.92. The van der Waals surface area contributed by atoms with E-state index in [2.05, 4.69) is 5.32 Å². The minimum absolute atomic E-state index is 0.0101. The van der Waals surface area contributed by atoms with Crippen LogP contribution >= 0.6 is 11.6 Å². The van der Waals surface area contributed by atoms with Gasteiger partial charge in [0.2, 0.25) is 0 Å². The van der Waals surface area contributed by atoms with Crippen molar-refractivity contribution in [3.63, 3.8) is 0 Å². The number of aliphatic hydroxyl groups is 1. The van der Waals surface area contributed by atoms with Crippen LogP contribution in [0.2, 0.25) is 5.02 Å². The zero-order chi connectivity index (χ0) is 13.4. The number of ether oxygens (including phenoxy) is 1. The zero-order valence-electron chi connectivity index (χ0n) is 10.4. The monoisotopic (exact) mass is 267 g/mol. The van der Waals surface area contributed by atoms with Crippen molar-refractivity contribution in [2.45, 2.75) is 19.9 Å². The molecule has 0 fully saturated rings. The van der Waals surface area contributed by atoms with Crippen molar-refractivity contribution in [1.82, 2.24) is 5.32 Å². The Morgan fingerprint density at radius 2 is 2.11 bits per heavy atom. The molecule has 2 rings (SSSR count). The normalized spacial score (nSPS) is 19.1. The van der Waals surface area contributed by atoms with Crippen molar-refractivity contribution in [2.75, 3.05) is 7.11 Å². The summed E-state index contributed by atoms with van der Waals surface area (Å²) in [5.74, 6) is 0.124. The second-order valence-electron chi connectivity index (χ2n) is 4.28. The molecule has 1 atom stereocenters. The lowest BCUT2D eigenvalue weighted by Crippen LogP contribution is -2.25. The third-order valence-corrected chi connectivity index (χ3v) is 3.21. The van der Waals surface area contributed by atoms with E-state index in [1.54, 1.807) is 19.1 Å². The number of aryl methyl sites for hydroxylation is 1. The maximum Gasteiger partial charge on any atom is 0.256 e. The van der Waals surface area contributed by atoms with E-state index in [-0.39, 0.29) is 17.2 Å². The number of nitrogens with one attached hydrogen (secondary N) is 1. The predicted molar refractivity (Wildman–Crippen MR) is 69.9 cm³/mol. The number of methoxy groups -OCH3 is 1.